The van der Waals surface area contributed by atoms with Crippen LogP contribution in [-0.2, 0) is 11.3 Å². The number of rotatable bonds is 4. The summed E-state index contributed by atoms with van der Waals surface area (Å²) < 4.78 is 0. The van der Waals surface area contributed by atoms with E-state index in [-0.39, 0.29) is 11.8 Å². The van der Waals surface area contributed by atoms with Gasteiger partial charge in [-0.05, 0) is 55.8 Å². The van der Waals surface area contributed by atoms with Crippen LogP contribution in [0.3, 0.4) is 0 Å². The van der Waals surface area contributed by atoms with Gasteiger partial charge in [0.15, 0.2) is 0 Å². The first kappa shape index (κ1) is 11.7. The summed E-state index contributed by atoms with van der Waals surface area (Å²) in [5.41, 5.74) is 2.15. The van der Waals surface area contributed by atoms with E-state index in [9.17, 15) is 4.79 Å². The minimum Gasteiger partial charge on any atom is -0.326 e. The average molecular weight is 244 g/mol. The van der Waals surface area contributed by atoms with E-state index in [2.05, 4.69) is 22.8 Å². The van der Waals surface area contributed by atoms with Gasteiger partial charge < -0.3 is 10.6 Å². The largest absolute Gasteiger partial charge is 0.326 e. The third kappa shape index (κ3) is 2.41. The molecule has 0 aromatic heterocycles. The summed E-state index contributed by atoms with van der Waals surface area (Å²) in [7, 11) is 1.93. The number of carbonyl (C=O) groups is 1. The lowest BCUT2D eigenvalue weighted by Crippen LogP contribution is -2.21. The van der Waals surface area contributed by atoms with Crippen LogP contribution in [-0.4, -0.2) is 13.0 Å². The quantitative estimate of drug-likeness (QED) is 0.854. The molecule has 2 fully saturated rings. The van der Waals surface area contributed by atoms with Gasteiger partial charge in [0.05, 0.1) is 0 Å². The van der Waals surface area contributed by atoms with E-state index in [0.29, 0.717) is 0 Å². The van der Waals surface area contributed by atoms with E-state index in [1.54, 1.807) is 0 Å². The van der Waals surface area contributed by atoms with E-state index in [0.717, 1.165) is 36.9 Å². The Bertz CT molecular complexity index is 430. The highest BCUT2D eigenvalue weighted by molar-refractivity contribution is 5.92. The van der Waals surface area contributed by atoms with Crippen molar-refractivity contribution in [1.29, 1.82) is 0 Å². The molecule has 3 nitrogen and oxygen atoms in total. The van der Waals surface area contributed by atoms with Gasteiger partial charge in [-0.25, -0.2) is 0 Å². The van der Waals surface area contributed by atoms with Crippen molar-refractivity contribution in [2.75, 3.05) is 12.4 Å². The van der Waals surface area contributed by atoms with E-state index >= 15 is 0 Å². The molecule has 1 amide bonds. The van der Waals surface area contributed by atoms with Crippen molar-refractivity contribution in [2.45, 2.75) is 25.8 Å². The second-order valence-electron chi connectivity index (χ2n) is 5.64. The van der Waals surface area contributed by atoms with Crippen molar-refractivity contribution >= 4 is 11.6 Å². The molecular weight excluding hydrogens is 224 g/mol. The first-order chi connectivity index (χ1) is 8.76. The Morgan fingerprint density at radius 1 is 1.17 bits per heavy atom. The highest BCUT2D eigenvalue weighted by atomic mass is 16.1. The monoisotopic (exact) mass is 244 g/mol. The molecular formula is C15H20N2O. The van der Waals surface area contributed by atoms with Gasteiger partial charge >= 0.3 is 0 Å². The molecule has 2 unspecified atom stereocenters. The van der Waals surface area contributed by atoms with Gasteiger partial charge in [0, 0.05) is 18.2 Å². The summed E-state index contributed by atoms with van der Waals surface area (Å²) in [6.45, 7) is 0.861. The second-order valence-corrected chi connectivity index (χ2v) is 5.64. The molecule has 3 rings (SSSR count). The van der Waals surface area contributed by atoms with Crippen LogP contribution in [0.15, 0.2) is 24.3 Å². The van der Waals surface area contributed by atoms with Crippen LogP contribution in [0.1, 0.15) is 24.8 Å². The molecule has 0 radical (unpaired) electrons. The number of anilines is 1. The average Bonchev–Trinajstić information content (AvgIpc) is 2.99. The van der Waals surface area contributed by atoms with Gasteiger partial charge in [-0.2, -0.15) is 0 Å². The van der Waals surface area contributed by atoms with E-state index in [4.69, 9.17) is 0 Å². The van der Waals surface area contributed by atoms with Crippen molar-refractivity contribution < 1.29 is 4.79 Å². The first-order valence-corrected chi connectivity index (χ1v) is 6.80. The van der Waals surface area contributed by atoms with E-state index in [1.807, 2.05) is 19.2 Å². The summed E-state index contributed by atoms with van der Waals surface area (Å²) >= 11 is 0. The third-order valence-electron chi connectivity index (χ3n) is 4.22. The smallest absolute Gasteiger partial charge is 0.227 e. The van der Waals surface area contributed by atoms with Crippen molar-refractivity contribution in [3.05, 3.63) is 29.8 Å². The zero-order valence-corrected chi connectivity index (χ0v) is 10.8. The number of fused-ring (bicyclic) bond motifs is 1. The summed E-state index contributed by atoms with van der Waals surface area (Å²) in [5.74, 6) is 2.19. The predicted molar refractivity (Wildman–Crippen MR) is 72.2 cm³/mol. The maximum absolute atomic E-state index is 12.1. The molecule has 3 heteroatoms. The summed E-state index contributed by atoms with van der Waals surface area (Å²) in [4.78, 5) is 12.1. The normalized spacial score (nSPS) is 28.8. The zero-order valence-electron chi connectivity index (χ0n) is 10.8. The Balaban J connectivity index is 1.56. The number of hydrogen-bond acceptors (Lipinski definition) is 2. The Kier molecular flexibility index (Phi) is 3.08. The van der Waals surface area contributed by atoms with Crippen LogP contribution in [0.25, 0.3) is 0 Å². The van der Waals surface area contributed by atoms with Crippen molar-refractivity contribution in [2.24, 2.45) is 17.8 Å². The molecule has 2 N–H and O–H groups in total. The molecule has 1 aromatic rings. The topological polar surface area (TPSA) is 41.1 Å². The Hall–Kier alpha value is -1.35. The standard InChI is InChI=1S/C15H20N2O/c1-16-9-10-2-4-14(5-3-10)17-15(18)13-7-11-6-12(11)8-13/h2-5,11-13,16H,6-9H2,1H3,(H,17,18). The fraction of sp³-hybridized carbons (Fsp3) is 0.533. The van der Waals surface area contributed by atoms with Crippen LogP contribution < -0.4 is 10.6 Å². The molecule has 0 spiro atoms. The number of carbonyl (C=O) groups excluding carboxylic acids is 1. The Labute approximate surface area is 108 Å². The van der Waals surface area contributed by atoms with Crippen LogP contribution >= 0.6 is 0 Å². The lowest BCUT2D eigenvalue weighted by molar-refractivity contribution is -0.120. The molecule has 0 bridgehead atoms. The van der Waals surface area contributed by atoms with E-state index < -0.39 is 0 Å². The minimum absolute atomic E-state index is 0.212. The fourth-order valence-corrected chi connectivity index (χ4v) is 3.08. The van der Waals surface area contributed by atoms with Crippen molar-refractivity contribution in [3.63, 3.8) is 0 Å². The predicted octanol–water partition coefficient (Wildman–Crippen LogP) is 2.39. The van der Waals surface area contributed by atoms with Gasteiger partial charge in [0.1, 0.15) is 0 Å². The molecule has 0 heterocycles. The molecule has 18 heavy (non-hydrogen) atoms. The highest BCUT2D eigenvalue weighted by Crippen LogP contribution is 2.54. The maximum atomic E-state index is 12.1. The van der Waals surface area contributed by atoms with Crippen molar-refractivity contribution in [3.8, 4) is 0 Å². The molecule has 96 valence electrons. The molecule has 1 aromatic carbocycles. The van der Waals surface area contributed by atoms with Gasteiger partial charge in [0.25, 0.3) is 0 Å². The SMILES string of the molecule is CNCc1ccc(NC(=O)C2CC3CC3C2)cc1. The van der Waals surface area contributed by atoms with Crippen LogP contribution in [0.4, 0.5) is 5.69 Å². The maximum Gasteiger partial charge on any atom is 0.227 e. The van der Waals surface area contributed by atoms with Crippen molar-refractivity contribution in [1.82, 2.24) is 5.32 Å². The Morgan fingerprint density at radius 2 is 1.83 bits per heavy atom. The second kappa shape index (κ2) is 4.73. The van der Waals surface area contributed by atoms with Gasteiger partial charge in [0.2, 0.25) is 5.91 Å². The summed E-state index contributed by atoms with van der Waals surface area (Å²) in [6, 6.07) is 8.08. The summed E-state index contributed by atoms with van der Waals surface area (Å²) in [6.07, 6.45) is 3.57. The van der Waals surface area contributed by atoms with E-state index in [1.165, 1.54) is 12.0 Å². The number of nitrogens with one attached hydrogen (secondary N) is 2. The third-order valence-corrected chi connectivity index (χ3v) is 4.22. The Morgan fingerprint density at radius 3 is 2.44 bits per heavy atom. The lowest BCUT2D eigenvalue weighted by atomic mass is 10.0. The molecule has 2 saturated carbocycles. The van der Waals surface area contributed by atoms with Gasteiger partial charge in [-0.3, -0.25) is 4.79 Å². The van der Waals surface area contributed by atoms with Crippen LogP contribution in [0.5, 0.6) is 0 Å². The van der Waals surface area contributed by atoms with Crippen LogP contribution in [0.2, 0.25) is 0 Å². The molecule has 2 aliphatic rings. The van der Waals surface area contributed by atoms with Gasteiger partial charge in [-0.15, -0.1) is 0 Å². The zero-order chi connectivity index (χ0) is 12.5. The number of hydrogen-bond donors (Lipinski definition) is 2. The minimum atomic E-state index is 0.212. The molecule has 0 aliphatic heterocycles. The molecule has 0 saturated heterocycles. The fourth-order valence-electron chi connectivity index (χ4n) is 3.08. The van der Waals surface area contributed by atoms with Gasteiger partial charge in [-0.1, -0.05) is 12.1 Å². The number of amides is 1. The first-order valence-electron chi connectivity index (χ1n) is 6.80. The highest BCUT2D eigenvalue weighted by Gasteiger charge is 2.47. The molecule has 2 atom stereocenters. The number of benzene rings is 1. The van der Waals surface area contributed by atoms with Crippen LogP contribution in [0, 0.1) is 17.8 Å². The molecule has 2 aliphatic carbocycles. The summed E-state index contributed by atoms with van der Waals surface area (Å²) in [5, 5.41) is 6.15. The lowest BCUT2D eigenvalue weighted by Gasteiger charge is -2.12.